The van der Waals surface area contributed by atoms with Crippen LogP contribution < -0.4 is 19.5 Å². The number of benzene rings is 2. The molecule has 2 aromatic rings. The molecule has 28 heavy (non-hydrogen) atoms. The normalized spacial score (nSPS) is 11.8. The number of hydrogen-bond donors (Lipinski definition) is 1. The largest absolute Gasteiger partial charge is 0.493 e. The maximum Gasteiger partial charge on any atom is 0.261 e. The van der Waals surface area contributed by atoms with E-state index in [0.29, 0.717) is 30.2 Å². The monoisotopic (exact) mass is 385 g/mol. The molecule has 0 saturated carbocycles. The second kappa shape index (κ2) is 10.6. The number of nitrogens with one attached hydrogen (secondary N) is 1. The van der Waals surface area contributed by atoms with Crippen molar-refractivity contribution in [3.8, 4) is 17.2 Å². The average Bonchev–Trinajstić information content (AvgIpc) is 2.71. The molecule has 0 radical (unpaired) electrons. The summed E-state index contributed by atoms with van der Waals surface area (Å²) in [7, 11) is 1.61. The molecule has 0 bridgehead atoms. The van der Waals surface area contributed by atoms with Gasteiger partial charge in [0.25, 0.3) is 5.91 Å². The SMILES string of the molecule is CCc1ccc(OC(CC)C(=O)NCc2ccc(OC(C)C)c(OC)c2)cc1. The van der Waals surface area contributed by atoms with E-state index in [1.165, 1.54) is 5.56 Å². The lowest BCUT2D eigenvalue weighted by Gasteiger charge is -2.18. The van der Waals surface area contributed by atoms with Crippen LogP contribution in [0.1, 0.15) is 45.2 Å². The molecule has 0 saturated heterocycles. The van der Waals surface area contributed by atoms with E-state index in [0.717, 1.165) is 12.0 Å². The van der Waals surface area contributed by atoms with Crippen molar-refractivity contribution in [1.29, 1.82) is 0 Å². The first kappa shape index (κ1) is 21.6. The van der Waals surface area contributed by atoms with Crippen molar-refractivity contribution >= 4 is 5.91 Å². The van der Waals surface area contributed by atoms with Crippen LogP contribution in [-0.4, -0.2) is 25.2 Å². The highest BCUT2D eigenvalue weighted by atomic mass is 16.5. The lowest BCUT2D eigenvalue weighted by molar-refractivity contribution is -0.128. The van der Waals surface area contributed by atoms with Gasteiger partial charge in [0.15, 0.2) is 17.6 Å². The van der Waals surface area contributed by atoms with Crippen LogP contribution in [0.4, 0.5) is 0 Å². The predicted molar refractivity (Wildman–Crippen MR) is 111 cm³/mol. The van der Waals surface area contributed by atoms with E-state index in [2.05, 4.69) is 12.2 Å². The van der Waals surface area contributed by atoms with E-state index in [9.17, 15) is 4.79 Å². The molecule has 0 aliphatic carbocycles. The van der Waals surface area contributed by atoms with Crippen LogP contribution in [0, 0.1) is 0 Å². The van der Waals surface area contributed by atoms with Gasteiger partial charge in [0.1, 0.15) is 5.75 Å². The lowest BCUT2D eigenvalue weighted by atomic mass is 10.1. The van der Waals surface area contributed by atoms with E-state index in [-0.39, 0.29) is 12.0 Å². The molecular weight excluding hydrogens is 354 g/mol. The highest BCUT2D eigenvalue weighted by molar-refractivity contribution is 5.81. The van der Waals surface area contributed by atoms with E-state index >= 15 is 0 Å². The minimum absolute atomic E-state index is 0.0632. The first-order valence-corrected chi connectivity index (χ1v) is 9.83. The standard InChI is InChI=1S/C23H31NO4/c1-6-17-8-11-19(12-9-17)28-20(7-2)23(25)24-15-18-10-13-21(27-16(3)4)22(14-18)26-5/h8-14,16,20H,6-7,15H2,1-5H3,(H,24,25). The molecule has 5 nitrogen and oxygen atoms in total. The topological polar surface area (TPSA) is 56.8 Å². The first-order chi connectivity index (χ1) is 13.5. The third-order valence-corrected chi connectivity index (χ3v) is 4.33. The quantitative estimate of drug-likeness (QED) is 0.653. The molecule has 2 aromatic carbocycles. The van der Waals surface area contributed by atoms with Crippen LogP contribution in [0.3, 0.4) is 0 Å². The summed E-state index contributed by atoms with van der Waals surface area (Å²) in [5.41, 5.74) is 2.17. The fourth-order valence-corrected chi connectivity index (χ4v) is 2.77. The Labute approximate surface area is 168 Å². The fourth-order valence-electron chi connectivity index (χ4n) is 2.77. The maximum absolute atomic E-state index is 12.5. The molecule has 2 rings (SSSR count). The Morgan fingerprint density at radius 1 is 0.964 bits per heavy atom. The Kier molecular flexibility index (Phi) is 8.18. The Hall–Kier alpha value is -2.69. The highest BCUT2D eigenvalue weighted by Gasteiger charge is 2.18. The van der Waals surface area contributed by atoms with Gasteiger partial charge in [-0.3, -0.25) is 4.79 Å². The van der Waals surface area contributed by atoms with Gasteiger partial charge < -0.3 is 19.5 Å². The lowest BCUT2D eigenvalue weighted by Crippen LogP contribution is -2.37. The third-order valence-electron chi connectivity index (χ3n) is 4.33. The fraction of sp³-hybridized carbons (Fsp3) is 0.435. The van der Waals surface area contributed by atoms with Gasteiger partial charge in [0, 0.05) is 6.54 Å². The number of ether oxygens (including phenoxy) is 3. The number of carbonyl (C=O) groups is 1. The summed E-state index contributed by atoms with van der Waals surface area (Å²) in [4.78, 5) is 12.5. The minimum Gasteiger partial charge on any atom is -0.493 e. The molecule has 1 amide bonds. The molecule has 0 fully saturated rings. The van der Waals surface area contributed by atoms with Crippen molar-refractivity contribution in [2.45, 2.75) is 59.3 Å². The summed E-state index contributed by atoms with van der Waals surface area (Å²) in [6.07, 6.45) is 1.10. The Morgan fingerprint density at radius 3 is 2.21 bits per heavy atom. The summed E-state index contributed by atoms with van der Waals surface area (Å²) < 4.78 is 17.0. The Morgan fingerprint density at radius 2 is 1.64 bits per heavy atom. The number of carbonyl (C=O) groups excluding carboxylic acids is 1. The number of rotatable bonds is 10. The predicted octanol–water partition coefficient (Wildman–Crippen LogP) is 4.52. The molecule has 0 heterocycles. The summed E-state index contributed by atoms with van der Waals surface area (Å²) in [5.74, 6) is 1.91. The van der Waals surface area contributed by atoms with Crippen molar-refractivity contribution < 1.29 is 19.0 Å². The number of aryl methyl sites for hydroxylation is 1. The molecule has 0 spiro atoms. The van der Waals surface area contributed by atoms with Gasteiger partial charge in [-0.05, 0) is 62.1 Å². The molecular formula is C23H31NO4. The first-order valence-electron chi connectivity index (χ1n) is 9.83. The second-order valence-corrected chi connectivity index (χ2v) is 6.88. The van der Waals surface area contributed by atoms with Gasteiger partial charge >= 0.3 is 0 Å². The summed E-state index contributed by atoms with van der Waals surface area (Å²) >= 11 is 0. The van der Waals surface area contributed by atoms with E-state index in [1.54, 1.807) is 7.11 Å². The third kappa shape index (κ3) is 6.19. The zero-order chi connectivity index (χ0) is 20.5. The van der Waals surface area contributed by atoms with Crippen LogP contribution in [0.15, 0.2) is 42.5 Å². The molecule has 1 unspecified atom stereocenters. The van der Waals surface area contributed by atoms with Crippen molar-refractivity contribution in [2.24, 2.45) is 0 Å². The van der Waals surface area contributed by atoms with Gasteiger partial charge in [-0.1, -0.05) is 32.0 Å². The molecule has 1 N–H and O–H groups in total. The van der Waals surface area contributed by atoms with Crippen LogP contribution in [-0.2, 0) is 17.8 Å². The maximum atomic E-state index is 12.5. The smallest absolute Gasteiger partial charge is 0.261 e. The van der Waals surface area contributed by atoms with Gasteiger partial charge in [0.2, 0.25) is 0 Å². The number of methoxy groups -OCH3 is 1. The minimum atomic E-state index is -0.530. The average molecular weight is 386 g/mol. The molecule has 1 atom stereocenters. The van der Waals surface area contributed by atoms with Crippen LogP contribution in [0.2, 0.25) is 0 Å². The highest BCUT2D eigenvalue weighted by Crippen LogP contribution is 2.29. The second-order valence-electron chi connectivity index (χ2n) is 6.88. The van der Waals surface area contributed by atoms with Gasteiger partial charge in [-0.15, -0.1) is 0 Å². The van der Waals surface area contributed by atoms with E-state index in [4.69, 9.17) is 14.2 Å². The summed E-state index contributed by atoms with van der Waals surface area (Å²) in [5, 5.41) is 2.94. The van der Waals surface area contributed by atoms with Crippen LogP contribution in [0.25, 0.3) is 0 Å². The number of amides is 1. The molecule has 152 valence electrons. The molecule has 0 aliphatic rings. The van der Waals surface area contributed by atoms with Crippen LogP contribution >= 0.6 is 0 Å². The van der Waals surface area contributed by atoms with Gasteiger partial charge in [-0.25, -0.2) is 0 Å². The Balaban J connectivity index is 1.96. The van der Waals surface area contributed by atoms with Crippen molar-refractivity contribution in [2.75, 3.05) is 7.11 Å². The molecule has 5 heteroatoms. The van der Waals surface area contributed by atoms with Gasteiger partial charge in [-0.2, -0.15) is 0 Å². The van der Waals surface area contributed by atoms with Gasteiger partial charge in [0.05, 0.1) is 13.2 Å². The van der Waals surface area contributed by atoms with Crippen molar-refractivity contribution in [3.63, 3.8) is 0 Å². The van der Waals surface area contributed by atoms with E-state index < -0.39 is 6.10 Å². The zero-order valence-electron chi connectivity index (χ0n) is 17.5. The van der Waals surface area contributed by atoms with Crippen LogP contribution in [0.5, 0.6) is 17.2 Å². The van der Waals surface area contributed by atoms with E-state index in [1.807, 2.05) is 63.2 Å². The zero-order valence-corrected chi connectivity index (χ0v) is 17.5. The van der Waals surface area contributed by atoms with Crippen molar-refractivity contribution in [3.05, 3.63) is 53.6 Å². The molecule has 0 aromatic heterocycles. The summed E-state index contributed by atoms with van der Waals surface area (Å²) in [6, 6.07) is 13.5. The Bertz CT molecular complexity index is 756. The summed E-state index contributed by atoms with van der Waals surface area (Å²) in [6.45, 7) is 8.37. The number of hydrogen-bond acceptors (Lipinski definition) is 4. The van der Waals surface area contributed by atoms with Crippen molar-refractivity contribution in [1.82, 2.24) is 5.32 Å². The molecule has 0 aliphatic heterocycles.